The molecule has 0 heterocycles. The van der Waals surface area contributed by atoms with Gasteiger partial charge in [-0.1, -0.05) is 160 Å². The maximum atomic E-state index is 13.6. The Morgan fingerprint density at radius 3 is 1.50 bits per heavy atom. The number of ether oxygens (including phenoxy) is 1. The van der Waals surface area contributed by atoms with E-state index in [9.17, 15) is 13.6 Å². The van der Waals surface area contributed by atoms with E-state index < -0.39 is 8.32 Å². The summed E-state index contributed by atoms with van der Waals surface area (Å²) in [5, 5.41) is 1.05. The second-order valence-corrected chi connectivity index (χ2v) is 19.0. The van der Waals surface area contributed by atoms with Gasteiger partial charge in [0.05, 0.1) is 5.60 Å². The van der Waals surface area contributed by atoms with Crippen LogP contribution in [0.25, 0.3) is 22.3 Å². The highest BCUT2D eigenvalue weighted by Gasteiger charge is 2.40. The Bertz CT molecular complexity index is 1530. The first-order valence-electron chi connectivity index (χ1n) is 19.0. The lowest BCUT2D eigenvalue weighted by Crippen LogP contribution is -2.53. The van der Waals surface area contributed by atoms with Crippen molar-refractivity contribution >= 4 is 13.5 Å². The number of methoxy groups -OCH3 is 1. The van der Waals surface area contributed by atoms with E-state index in [-0.39, 0.29) is 28.3 Å². The van der Waals surface area contributed by atoms with Crippen molar-refractivity contribution in [3.63, 3.8) is 0 Å². The predicted octanol–water partition coefficient (Wildman–Crippen LogP) is 13.0. The Balaban J connectivity index is 0.000000284. The smallest absolute Gasteiger partial charge is 0.225 e. The molecule has 0 aliphatic heterocycles. The molecule has 4 aromatic carbocycles. The molecule has 0 aliphatic carbocycles. The molecule has 2 nitrogen and oxygen atoms in total. The van der Waals surface area contributed by atoms with Crippen molar-refractivity contribution in [2.45, 2.75) is 129 Å². The molecule has 0 fully saturated rings. The minimum Gasteiger partial charge on any atom is -0.427 e. The highest BCUT2D eigenvalue weighted by atomic mass is 28.4. The Hall–Kier alpha value is -3.12. The van der Waals surface area contributed by atoms with E-state index in [4.69, 9.17) is 4.74 Å². The Labute approximate surface area is 303 Å². The van der Waals surface area contributed by atoms with Crippen LogP contribution in [0.5, 0.6) is 0 Å². The fraction of sp³-hybridized carbons (Fsp3) is 0.467. The summed E-state index contributed by atoms with van der Waals surface area (Å²) in [5.74, 6) is -0.0371. The molecule has 1 unspecified atom stereocenters. The van der Waals surface area contributed by atoms with Gasteiger partial charge in [-0.25, -0.2) is 8.78 Å². The quantitative estimate of drug-likeness (QED) is 0.0877. The van der Waals surface area contributed by atoms with Crippen LogP contribution in [-0.2, 0) is 4.74 Å². The average molecular weight is 701 g/mol. The molecular formula is C45H62F2O2Si. The van der Waals surface area contributed by atoms with Crippen molar-refractivity contribution in [1.29, 1.82) is 0 Å². The lowest BCUT2D eigenvalue weighted by Gasteiger charge is -2.39. The summed E-state index contributed by atoms with van der Waals surface area (Å²) in [4.78, 5) is 11.1. The molecule has 4 aromatic rings. The molecule has 4 rings (SSSR count). The minimum absolute atomic E-state index is 0.121. The largest absolute Gasteiger partial charge is 0.427 e. The second-order valence-electron chi connectivity index (χ2n) is 14.4. The molecule has 0 aromatic heterocycles. The van der Waals surface area contributed by atoms with E-state index in [0.717, 1.165) is 46.7 Å². The van der Waals surface area contributed by atoms with Gasteiger partial charge in [0.25, 0.3) is 0 Å². The summed E-state index contributed by atoms with van der Waals surface area (Å²) < 4.78 is 33.0. The summed E-state index contributed by atoms with van der Waals surface area (Å²) >= 11 is 0. The van der Waals surface area contributed by atoms with Gasteiger partial charge < -0.3 is 9.53 Å². The molecule has 272 valence electrons. The summed E-state index contributed by atoms with van der Waals surface area (Å²) in [6.07, 6.45) is 11.0. The van der Waals surface area contributed by atoms with Crippen LogP contribution in [0, 0.1) is 11.6 Å². The minimum atomic E-state index is -2.49. The van der Waals surface area contributed by atoms with Gasteiger partial charge in [-0.3, -0.25) is 0 Å². The number of benzene rings is 4. The molecule has 1 N–H and O–H groups in total. The molecular weight excluding hydrogens is 639 g/mol. The average Bonchev–Trinajstić information content (AvgIpc) is 3.13. The van der Waals surface area contributed by atoms with E-state index in [1.54, 1.807) is 18.2 Å². The van der Waals surface area contributed by atoms with E-state index >= 15 is 0 Å². The van der Waals surface area contributed by atoms with Crippen molar-refractivity contribution in [2.75, 3.05) is 7.11 Å². The zero-order valence-corrected chi connectivity index (χ0v) is 32.9. The van der Waals surface area contributed by atoms with Crippen LogP contribution in [0.15, 0.2) is 97.1 Å². The maximum absolute atomic E-state index is 13.6. The van der Waals surface area contributed by atoms with Crippen LogP contribution in [0.2, 0.25) is 11.1 Å². The highest BCUT2D eigenvalue weighted by Crippen LogP contribution is 2.41. The molecule has 1 atom stereocenters. The standard InChI is InChI=1S/C27H39FO.C18H23FOSi/c1-5-8-9-10-11-12-16-26(27(6-2,7-3)29-4)23-19-17-22(18-20-23)24-14-13-15-25(28)21-24;1-13(2)21(20,14(3)4)18-10-8-15(9-11-18)16-6-5-7-17(19)12-16/h13-15,17-21,26H,5-12,16H2,1-4H3;5-14,20H,1-4H3. The van der Waals surface area contributed by atoms with Crippen LogP contribution in [0.1, 0.15) is 118 Å². The van der Waals surface area contributed by atoms with Crippen LogP contribution in [0.3, 0.4) is 0 Å². The molecule has 0 saturated heterocycles. The fourth-order valence-electron chi connectivity index (χ4n) is 7.54. The number of halogens is 2. The highest BCUT2D eigenvalue weighted by molar-refractivity contribution is 6.87. The molecule has 0 saturated carbocycles. The van der Waals surface area contributed by atoms with Crippen molar-refractivity contribution < 1.29 is 18.3 Å². The normalized spacial score (nSPS) is 12.6. The molecule has 0 bridgehead atoms. The van der Waals surface area contributed by atoms with Crippen molar-refractivity contribution in [3.05, 3.63) is 114 Å². The van der Waals surface area contributed by atoms with E-state index in [1.807, 2.05) is 43.5 Å². The Kier molecular flexibility index (Phi) is 16.6. The van der Waals surface area contributed by atoms with Gasteiger partial charge in [-0.2, -0.15) is 0 Å². The van der Waals surface area contributed by atoms with Crippen LogP contribution in [0.4, 0.5) is 8.78 Å². The second kappa shape index (κ2) is 20.1. The van der Waals surface area contributed by atoms with Gasteiger partial charge in [0.2, 0.25) is 8.32 Å². The van der Waals surface area contributed by atoms with E-state index in [1.165, 1.54) is 62.3 Å². The number of unbranched alkanes of at least 4 members (excludes halogenated alkanes) is 5. The third kappa shape index (κ3) is 10.7. The van der Waals surface area contributed by atoms with Crippen molar-refractivity contribution in [3.8, 4) is 22.3 Å². The van der Waals surface area contributed by atoms with Gasteiger partial charge in [0, 0.05) is 13.0 Å². The van der Waals surface area contributed by atoms with Gasteiger partial charge in [-0.05, 0) is 87.6 Å². The first-order valence-corrected chi connectivity index (χ1v) is 21.1. The van der Waals surface area contributed by atoms with Gasteiger partial charge in [-0.15, -0.1) is 0 Å². The first-order chi connectivity index (χ1) is 23.9. The van der Waals surface area contributed by atoms with Gasteiger partial charge >= 0.3 is 0 Å². The number of hydrogen-bond acceptors (Lipinski definition) is 2. The van der Waals surface area contributed by atoms with Crippen LogP contribution >= 0.6 is 0 Å². The summed E-state index contributed by atoms with van der Waals surface area (Å²) in [6, 6.07) is 30.1. The lowest BCUT2D eigenvalue weighted by atomic mass is 9.75. The van der Waals surface area contributed by atoms with E-state index in [0.29, 0.717) is 5.92 Å². The van der Waals surface area contributed by atoms with Gasteiger partial charge in [0.1, 0.15) is 11.6 Å². The van der Waals surface area contributed by atoms with Crippen molar-refractivity contribution in [2.24, 2.45) is 0 Å². The fourth-order valence-corrected chi connectivity index (χ4v) is 10.9. The molecule has 0 aliphatic rings. The number of hydrogen-bond donors (Lipinski definition) is 1. The van der Waals surface area contributed by atoms with Crippen molar-refractivity contribution in [1.82, 2.24) is 0 Å². The molecule has 50 heavy (non-hydrogen) atoms. The van der Waals surface area contributed by atoms with Crippen LogP contribution < -0.4 is 5.19 Å². The molecule has 0 radical (unpaired) electrons. The van der Waals surface area contributed by atoms with E-state index in [2.05, 4.69) is 72.7 Å². The Morgan fingerprint density at radius 2 is 1.08 bits per heavy atom. The monoisotopic (exact) mass is 700 g/mol. The molecule has 0 amide bonds. The Morgan fingerprint density at radius 1 is 0.620 bits per heavy atom. The first kappa shape index (κ1) is 41.3. The predicted molar refractivity (Wildman–Crippen MR) is 213 cm³/mol. The SMILES string of the molecule is CC(C)[Si](O)(c1ccc(-c2cccc(F)c2)cc1)C(C)C.CCCCCCCCC(c1ccc(-c2cccc(F)c2)cc1)C(CC)(CC)OC. The zero-order chi connectivity index (χ0) is 36.7. The zero-order valence-electron chi connectivity index (χ0n) is 31.9. The molecule has 5 heteroatoms. The topological polar surface area (TPSA) is 29.5 Å². The summed E-state index contributed by atoms with van der Waals surface area (Å²) in [7, 11) is -0.626. The third-order valence-electron chi connectivity index (χ3n) is 10.8. The van der Waals surface area contributed by atoms with Gasteiger partial charge in [0.15, 0.2) is 0 Å². The maximum Gasteiger partial charge on any atom is 0.225 e. The lowest BCUT2D eigenvalue weighted by molar-refractivity contribution is -0.0425. The third-order valence-corrected chi connectivity index (χ3v) is 15.6. The summed E-state index contributed by atoms with van der Waals surface area (Å²) in [5.41, 5.74) is 5.56. The molecule has 0 spiro atoms. The summed E-state index contributed by atoms with van der Waals surface area (Å²) in [6.45, 7) is 15.1. The van der Waals surface area contributed by atoms with Crippen LogP contribution in [-0.4, -0.2) is 25.8 Å². The number of rotatable bonds is 17.